The van der Waals surface area contributed by atoms with Crippen molar-refractivity contribution in [3.05, 3.63) is 171 Å². The van der Waals surface area contributed by atoms with Gasteiger partial charge in [0.15, 0.2) is 0 Å². The molecule has 0 saturated carbocycles. The molecule has 0 fully saturated rings. The van der Waals surface area contributed by atoms with E-state index in [9.17, 15) is 0 Å². The third-order valence-corrected chi connectivity index (χ3v) is 12.9. The molecule has 0 radical (unpaired) electrons. The van der Waals surface area contributed by atoms with Gasteiger partial charge in [-0.15, -0.1) is 0 Å². The van der Waals surface area contributed by atoms with Crippen LogP contribution in [0.2, 0.25) is 10.0 Å². The highest BCUT2D eigenvalue weighted by Gasteiger charge is 2.33. The Morgan fingerprint density at radius 1 is 0.448 bits per heavy atom. The van der Waals surface area contributed by atoms with Gasteiger partial charge in [0.2, 0.25) is 22.8 Å². The predicted octanol–water partition coefficient (Wildman–Crippen LogP) is 11.7. The second kappa shape index (κ2) is 15.6. The van der Waals surface area contributed by atoms with Crippen molar-refractivity contribution in [1.82, 2.24) is 0 Å². The number of hydrogen-bond acceptors (Lipinski definition) is 3. The Labute approximate surface area is 352 Å². The first-order valence-electron chi connectivity index (χ1n) is 20.4. The summed E-state index contributed by atoms with van der Waals surface area (Å²) in [7, 11) is 4.31. The number of aryl methyl sites for hydroxylation is 1. The fourth-order valence-electron chi connectivity index (χ4n) is 9.17. The summed E-state index contributed by atoms with van der Waals surface area (Å²) in [6, 6.07) is 48.4. The highest BCUT2D eigenvalue weighted by atomic mass is 35.5. The zero-order chi connectivity index (χ0) is 40.1. The van der Waals surface area contributed by atoms with Crippen molar-refractivity contribution < 1.29 is 9.15 Å². The Bertz CT molecular complexity index is 2580. The molecule has 2 heterocycles. The maximum atomic E-state index is 6.62. The number of halogens is 2. The van der Waals surface area contributed by atoms with Crippen LogP contribution in [0, 0.1) is 6.92 Å². The van der Waals surface area contributed by atoms with Gasteiger partial charge in [0.05, 0.1) is 21.9 Å². The van der Waals surface area contributed by atoms with Gasteiger partial charge in [0.25, 0.3) is 0 Å². The average molecular weight is 803 g/mol. The maximum Gasteiger partial charge on any atom is 0.220 e. The van der Waals surface area contributed by atoms with E-state index in [0.29, 0.717) is 0 Å². The summed E-state index contributed by atoms with van der Waals surface area (Å²) in [5.41, 5.74) is 14.7. The zero-order valence-corrected chi connectivity index (χ0v) is 35.4. The van der Waals surface area contributed by atoms with E-state index in [1.807, 2.05) is 12.1 Å². The highest BCUT2D eigenvalue weighted by Crippen LogP contribution is 2.41. The second-order valence-electron chi connectivity index (χ2n) is 15.5. The van der Waals surface area contributed by atoms with Crippen molar-refractivity contribution in [3.63, 3.8) is 0 Å². The third kappa shape index (κ3) is 6.60. The van der Waals surface area contributed by atoms with Crippen molar-refractivity contribution in [1.29, 1.82) is 0 Å². The Morgan fingerprint density at radius 3 is 1.24 bits per heavy atom. The molecule has 7 aromatic rings. The Kier molecular flexibility index (Phi) is 10.2. The van der Waals surface area contributed by atoms with Crippen LogP contribution >= 0.6 is 23.2 Å². The van der Waals surface area contributed by atoms with Gasteiger partial charge in [-0.2, -0.15) is 9.15 Å². The highest BCUT2D eigenvalue weighted by molar-refractivity contribution is 6.38. The number of rotatable bonds is 13. The van der Waals surface area contributed by atoms with Gasteiger partial charge >= 0.3 is 0 Å². The van der Waals surface area contributed by atoms with E-state index in [2.05, 4.69) is 180 Å². The van der Waals surface area contributed by atoms with Crippen LogP contribution in [0.1, 0.15) is 41.7 Å². The van der Waals surface area contributed by atoms with Crippen molar-refractivity contribution >= 4 is 84.6 Å². The van der Waals surface area contributed by atoms with Gasteiger partial charge in [-0.1, -0.05) is 65.2 Å². The first-order valence-corrected chi connectivity index (χ1v) is 21.2. The third-order valence-electron chi connectivity index (χ3n) is 12.3. The van der Waals surface area contributed by atoms with Gasteiger partial charge in [-0.05, 0) is 106 Å². The molecule has 0 aliphatic carbocycles. The summed E-state index contributed by atoms with van der Waals surface area (Å²) in [6.45, 7) is 12.2. The fourth-order valence-corrected chi connectivity index (χ4v) is 9.61. The molecule has 0 unspecified atom stereocenters. The molecule has 0 atom stereocenters. The van der Waals surface area contributed by atoms with E-state index >= 15 is 0 Å². The molecular formula is C51H49Cl2N5+2. The van der Waals surface area contributed by atoms with Gasteiger partial charge in [0.1, 0.15) is 14.1 Å². The van der Waals surface area contributed by atoms with Crippen LogP contribution in [-0.2, 0) is 0 Å². The normalized spacial score (nSPS) is 13.0. The van der Waals surface area contributed by atoms with Crippen LogP contribution in [-0.4, -0.2) is 73.9 Å². The maximum absolute atomic E-state index is 6.62. The molecule has 0 amide bonds. The van der Waals surface area contributed by atoms with E-state index in [0.717, 1.165) is 60.1 Å². The molecule has 2 aliphatic heterocycles. The minimum absolute atomic E-state index is 0.795. The number of likely N-dealkylation sites (N-methyl/N-ethyl adjacent to an activating group) is 2. The smallest absolute Gasteiger partial charge is 0.220 e. The lowest BCUT2D eigenvalue weighted by atomic mass is 9.98. The van der Waals surface area contributed by atoms with E-state index in [1.165, 1.54) is 78.5 Å². The van der Waals surface area contributed by atoms with E-state index in [1.54, 1.807) is 0 Å². The van der Waals surface area contributed by atoms with E-state index < -0.39 is 0 Å². The van der Waals surface area contributed by atoms with Crippen molar-refractivity contribution in [3.8, 4) is 0 Å². The Balaban J connectivity index is 0.909. The molecule has 0 saturated heterocycles. The van der Waals surface area contributed by atoms with E-state index in [4.69, 9.17) is 23.2 Å². The second-order valence-corrected chi connectivity index (χ2v) is 16.3. The van der Waals surface area contributed by atoms with Crippen LogP contribution in [0.15, 0.2) is 133 Å². The van der Waals surface area contributed by atoms with Gasteiger partial charge in [-0.25, -0.2) is 0 Å². The molecule has 9 rings (SSSR count). The molecule has 0 aromatic heterocycles. The van der Waals surface area contributed by atoms with E-state index in [-0.39, 0.29) is 0 Å². The van der Waals surface area contributed by atoms with Gasteiger partial charge in [0, 0.05) is 100 Å². The topological polar surface area (TPSA) is 15.7 Å². The van der Waals surface area contributed by atoms with Crippen molar-refractivity contribution in [2.45, 2.75) is 20.8 Å². The summed E-state index contributed by atoms with van der Waals surface area (Å²) in [6.07, 6.45) is 0. The number of nitrogens with zero attached hydrogens (tertiary/aromatic N) is 5. The fraction of sp³-hybridized carbons (Fsp3) is 0.216. The Morgan fingerprint density at radius 2 is 0.828 bits per heavy atom. The van der Waals surface area contributed by atoms with Crippen LogP contribution in [0.4, 0.5) is 28.4 Å². The molecule has 2 aliphatic rings. The van der Waals surface area contributed by atoms with Crippen molar-refractivity contribution in [2.24, 2.45) is 0 Å². The van der Waals surface area contributed by atoms with Gasteiger partial charge in [-0.3, -0.25) is 0 Å². The largest absolute Gasteiger partial charge is 0.370 e. The number of anilines is 3. The summed E-state index contributed by atoms with van der Waals surface area (Å²) in [5.74, 6) is 0. The number of hydrogen-bond donors (Lipinski definition) is 0. The first kappa shape index (κ1) is 37.9. The molecule has 0 N–H and O–H groups in total. The lowest BCUT2D eigenvalue weighted by Crippen LogP contribution is -2.40. The molecule has 58 heavy (non-hydrogen) atoms. The lowest BCUT2D eigenvalue weighted by molar-refractivity contribution is -0.399. The molecule has 7 heteroatoms. The summed E-state index contributed by atoms with van der Waals surface area (Å²) in [5, 5.41) is 6.26. The van der Waals surface area contributed by atoms with Crippen LogP contribution in [0.25, 0.3) is 21.5 Å². The van der Waals surface area contributed by atoms with Gasteiger partial charge < -0.3 is 14.7 Å². The SMILES string of the molecule is CCN(CCN(CCN(CC)c1ccc(C2=[N+](C)c3ccc(Cl)c4cccc2c34)cc1)c1ccc(C)cc1)c1ccc(C2=[N+](C)c3ccc(Cl)c4cccc2c34)cc1. The summed E-state index contributed by atoms with van der Waals surface area (Å²) in [4.78, 5) is 7.53. The number of benzene rings is 7. The van der Waals surface area contributed by atoms with Crippen molar-refractivity contribution in [2.75, 3.05) is 68.1 Å². The Hall–Kier alpha value is -5.62. The molecule has 0 bridgehead atoms. The standard InChI is InChI=1S/C51H49Cl2N5/c1-6-56(37-22-16-35(17-23-37)50-42-12-8-10-40-44(52)26-28-46(48(40)42)54(50)4)30-32-58(39-20-14-34(3)15-21-39)33-31-57(7-2)38-24-18-36(19-25-38)51-43-13-9-11-41-45(53)27-29-47(49(41)43)55(51)5/h8-29H,6-7,30-33H2,1-5H3/q+2. The minimum Gasteiger partial charge on any atom is -0.370 e. The molecule has 290 valence electrons. The lowest BCUT2D eigenvalue weighted by Gasteiger charge is -2.32. The zero-order valence-electron chi connectivity index (χ0n) is 33.9. The molecular weight excluding hydrogens is 754 g/mol. The van der Waals surface area contributed by atoms with Crippen LogP contribution in [0.5, 0.6) is 0 Å². The first-order chi connectivity index (χ1) is 28.2. The average Bonchev–Trinajstić information content (AvgIpc) is 3.71. The molecule has 7 aromatic carbocycles. The molecule has 0 spiro atoms. The monoisotopic (exact) mass is 801 g/mol. The minimum atomic E-state index is 0.795. The predicted molar refractivity (Wildman–Crippen MR) is 248 cm³/mol. The molecule has 5 nitrogen and oxygen atoms in total. The summed E-state index contributed by atoms with van der Waals surface area (Å²) >= 11 is 13.2. The van der Waals surface area contributed by atoms with Crippen LogP contribution in [0.3, 0.4) is 0 Å². The summed E-state index contributed by atoms with van der Waals surface area (Å²) < 4.78 is 4.61. The van der Waals surface area contributed by atoms with Crippen LogP contribution < -0.4 is 14.7 Å². The quantitative estimate of drug-likeness (QED) is 0.108.